The van der Waals surface area contributed by atoms with Gasteiger partial charge in [-0.1, -0.05) is 22.0 Å². The lowest BCUT2D eigenvalue weighted by Gasteiger charge is -2.13. The molecule has 0 aliphatic rings. The molecule has 27 heavy (non-hydrogen) atoms. The monoisotopic (exact) mass is 482 g/mol. The van der Waals surface area contributed by atoms with E-state index in [1.54, 1.807) is 29.1 Å². The van der Waals surface area contributed by atoms with E-state index < -0.39 is 10.0 Å². The molecule has 4 aromatic rings. The van der Waals surface area contributed by atoms with Crippen LogP contribution in [0, 0.1) is 0 Å². The summed E-state index contributed by atoms with van der Waals surface area (Å²) in [7, 11) is -2.04. The molecule has 2 aromatic heterocycles. The summed E-state index contributed by atoms with van der Waals surface area (Å²) in [6, 6.07) is 10.2. The van der Waals surface area contributed by atoms with Gasteiger partial charge in [0.25, 0.3) is 10.0 Å². The van der Waals surface area contributed by atoms with E-state index in [0.717, 1.165) is 16.2 Å². The van der Waals surface area contributed by atoms with Crippen LogP contribution in [0.4, 0.5) is 5.69 Å². The summed E-state index contributed by atoms with van der Waals surface area (Å²) >= 11 is 5.68. The molecule has 0 atom stereocenters. The van der Waals surface area contributed by atoms with Crippen molar-refractivity contribution in [2.24, 2.45) is 7.05 Å². The Hall–Kier alpha value is -2.02. The first-order valence-electron chi connectivity index (χ1n) is 7.49. The molecule has 0 amide bonds. The third-order valence-electron chi connectivity index (χ3n) is 3.60. The van der Waals surface area contributed by atoms with Crippen molar-refractivity contribution in [3.8, 4) is 0 Å². The van der Waals surface area contributed by atoms with Gasteiger partial charge in [0.1, 0.15) is 22.3 Å². The second-order valence-electron chi connectivity index (χ2n) is 5.46. The molecule has 0 fully saturated rings. The number of benzene rings is 2. The van der Waals surface area contributed by atoms with E-state index in [1.165, 1.54) is 17.8 Å². The van der Waals surface area contributed by atoms with Crippen LogP contribution in [-0.4, -0.2) is 31.9 Å². The summed E-state index contributed by atoms with van der Waals surface area (Å²) in [5.74, 6) is 0. The topological polar surface area (TPSA) is 103 Å². The van der Waals surface area contributed by atoms with Gasteiger partial charge in [-0.25, -0.2) is 8.42 Å². The lowest BCUT2D eigenvalue weighted by molar-refractivity contribution is 0.602. The Morgan fingerprint density at radius 3 is 2.85 bits per heavy atom. The molecule has 0 radical (unpaired) electrons. The van der Waals surface area contributed by atoms with Crippen molar-refractivity contribution >= 4 is 66.2 Å². The zero-order valence-corrected chi connectivity index (χ0v) is 17.7. The minimum absolute atomic E-state index is 0.0864. The SMILES string of the molecule is Cn1cnnc1Sc1ccc(Br)cc1NS(=O)(=O)c1cccc2nsnc12. The van der Waals surface area contributed by atoms with Gasteiger partial charge in [0.2, 0.25) is 0 Å². The number of aryl methyl sites for hydroxylation is 1. The number of hydrogen-bond acceptors (Lipinski definition) is 8. The third kappa shape index (κ3) is 3.70. The van der Waals surface area contributed by atoms with E-state index in [1.807, 2.05) is 19.2 Å². The van der Waals surface area contributed by atoms with Gasteiger partial charge in [0.15, 0.2) is 5.16 Å². The Morgan fingerprint density at radius 2 is 2.07 bits per heavy atom. The average molecular weight is 483 g/mol. The molecule has 138 valence electrons. The highest BCUT2D eigenvalue weighted by Gasteiger charge is 2.21. The maximum atomic E-state index is 13.0. The van der Waals surface area contributed by atoms with Gasteiger partial charge in [-0.05, 0) is 42.1 Å². The van der Waals surface area contributed by atoms with Crippen molar-refractivity contribution in [1.29, 1.82) is 0 Å². The molecule has 0 saturated heterocycles. The zero-order chi connectivity index (χ0) is 19.0. The van der Waals surface area contributed by atoms with Crippen LogP contribution in [0.25, 0.3) is 11.0 Å². The fraction of sp³-hybridized carbons (Fsp3) is 0.0667. The van der Waals surface area contributed by atoms with Crippen molar-refractivity contribution in [2.45, 2.75) is 14.9 Å². The van der Waals surface area contributed by atoms with Gasteiger partial charge in [-0.2, -0.15) is 8.75 Å². The Bertz CT molecular complexity index is 1240. The fourth-order valence-electron chi connectivity index (χ4n) is 2.33. The molecule has 1 N–H and O–H groups in total. The lowest BCUT2D eigenvalue weighted by atomic mass is 10.3. The number of halogens is 1. The smallest absolute Gasteiger partial charge is 0.264 e. The van der Waals surface area contributed by atoms with Crippen molar-refractivity contribution in [3.05, 3.63) is 47.2 Å². The number of sulfonamides is 1. The number of hydrogen-bond donors (Lipinski definition) is 1. The number of nitrogens with one attached hydrogen (secondary N) is 1. The van der Waals surface area contributed by atoms with E-state index in [0.29, 0.717) is 26.8 Å². The van der Waals surface area contributed by atoms with Crippen molar-refractivity contribution in [1.82, 2.24) is 23.5 Å². The molecule has 2 aromatic carbocycles. The van der Waals surface area contributed by atoms with Crippen LogP contribution in [0.15, 0.2) is 62.1 Å². The zero-order valence-electron chi connectivity index (χ0n) is 13.7. The Kier molecular flexibility index (Phi) is 4.88. The number of rotatable bonds is 5. The quantitative estimate of drug-likeness (QED) is 0.463. The molecular weight excluding hydrogens is 472 g/mol. The van der Waals surface area contributed by atoms with Gasteiger partial charge in [0.05, 0.1) is 17.4 Å². The number of aromatic nitrogens is 5. The summed E-state index contributed by atoms with van der Waals surface area (Å²) in [4.78, 5) is 0.782. The van der Waals surface area contributed by atoms with Gasteiger partial charge in [-0.3, -0.25) is 4.72 Å². The Morgan fingerprint density at radius 1 is 1.22 bits per heavy atom. The van der Waals surface area contributed by atoms with Crippen molar-refractivity contribution in [2.75, 3.05) is 4.72 Å². The van der Waals surface area contributed by atoms with E-state index in [4.69, 9.17) is 0 Å². The predicted octanol–water partition coefficient (Wildman–Crippen LogP) is 3.53. The van der Waals surface area contributed by atoms with Crippen LogP contribution in [0.5, 0.6) is 0 Å². The first-order chi connectivity index (χ1) is 12.9. The predicted molar refractivity (Wildman–Crippen MR) is 107 cm³/mol. The first kappa shape index (κ1) is 18.3. The molecule has 4 rings (SSSR count). The lowest BCUT2D eigenvalue weighted by Crippen LogP contribution is -2.14. The Labute approximate surface area is 171 Å². The molecule has 0 saturated carbocycles. The van der Waals surface area contributed by atoms with Crippen LogP contribution in [-0.2, 0) is 17.1 Å². The van der Waals surface area contributed by atoms with Gasteiger partial charge < -0.3 is 4.57 Å². The van der Waals surface area contributed by atoms with Gasteiger partial charge in [0, 0.05) is 16.4 Å². The largest absolute Gasteiger partial charge is 0.311 e. The molecule has 0 aliphatic heterocycles. The van der Waals surface area contributed by atoms with E-state index >= 15 is 0 Å². The number of fused-ring (bicyclic) bond motifs is 1. The molecule has 8 nitrogen and oxygen atoms in total. The van der Waals surface area contributed by atoms with E-state index in [2.05, 4.69) is 39.6 Å². The average Bonchev–Trinajstić information content (AvgIpc) is 3.25. The molecule has 0 bridgehead atoms. The summed E-state index contributed by atoms with van der Waals surface area (Å²) < 4.78 is 39.4. The molecule has 12 heteroatoms. The Balaban J connectivity index is 1.74. The van der Waals surface area contributed by atoms with Crippen LogP contribution in [0.1, 0.15) is 0 Å². The second kappa shape index (κ2) is 7.19. The molecule has 0 unspecified atom stereocenters. The number of nitrogens with zero attached hydrogens (tertiary/aromatic N) is 5. The molecule has 2 heterocycles. The third-order valence-corrected chi connectivity index (χ3v) is 7.16. The standard InChI is InChI=1S/C15H11BrN6O2S3/c1-22-8-17-18-15(22)25-12-6-5-9(16)7-11(12)21-27(23,24)13-4-2-3-10-14(13)20-26-19-10/h2-8,21H,1H3. The molecule has 0 aliphatic carbocycles. The normalized spacial score (nSPS) is 11.8. The minimum atomic E-state index is -3.86. The number of anilines is 1. The van der Waals surface area contributed by atoms with Crippen molar-refractivity contribution in [3.63, 3.8) is 0 Å². The maximum absolute atomic E-state index is 13.0. The van der Waals surface area contributed by atoms with E-state index in [-0.39, 0.29) is 4.90 Å². The minimum Gasteiger partial charge on any atom is -0.311 e. The van der Waals surface area contributed by atoms with Crippen LogP contribution >= 0.6 is 39.4 Å². The van der Waals surface area contributed by atoms with Crippen molar-refractivity contribution < 1.29 is 8.42 Å². The fourth-order valence-corrected chi connectivity index (χ4v) is 5.43. The molecule has 0 spiro atoms. The summed E-state index contributed by atoms with van der Waals surface area (Å²) in [6.45, 7) is 0. The summed E-state index contributed by atoms with van der Waals surface area (Å²) in [5.41, 5.74) is 1.33. The second-order valence-corrected chi connectivity index (χ2v) is 9.56. The highest BCUT2D eigenvalue weighted by molar-refractivity contribution is 9.10. The van der Waals surface area contributed by atoms with Gasteiger partial charge in [-0.15, -0.1) is 10.2 Å². The van der Waals surface area contributed by atoms with Gasteiger partial charge >= 0.3 is 0 Å². The maximum Gasteiger partial charge on any atom is 0.264 e. The first-order valence-corrected chi connectivity index (χ1v) is 11.3. The van der Waals surface area contributed by atoms with E-state index in [9.17, 15) is 8.42 Å². The molecular formula is C15H11BrN6O2S3. The summed E-state index contributed by atoms with van der Waals surface area (Å²) in [5, 5.41) is 8.52. The summed E-state index contributed by atoms with van der Waals surface area (Å²) in [6.07, 6.45) is 1.58. The van der Waals surface area contributed by atoms with Crippen LogP contribution < -0.4 is 4.72 Å². The van der Waals surface area contributed by atoms with Crippen LogP contribution in [0.2, 0.25) is 0 Å². The highest BCUT2D eigenvalue weighted by Crippen LogP contribution is 2.35. The highest BCUT2D eigenvalue weighted by atomic mass is 79.9. The van der Waals surface area contributed by atoms with Crippen LogP contribution in [0.3, 0.4) is 0 Å².